The van der Waals surface area contributed by atoms with Gasteiger partial charge in [-0.2, -0.15) is 0 Å². The third-order valence-electron chi connectivity index (χ3n) is 6.47. The van der Waals surface area contributed by atoms with E-state index in [0.29, 0.717) is 31.1 Å². The molecule has 3 aliphatic rings. The summed E-state index contributed by atoms with van der Waals surface area (Å²) in [5.41, 5.74) is 2.17. The van der Waals surface area contributed by atoms with Gasteiger partial charge in [0, 0.05) is 43.8 Å². The van der Waals surface area contributed by atoms with Crippen molar-refractivity contribution in [1.82, 2.24) is 10.2 Å². The van der Waals surface area contributed by atoms with Gasteiger partial charge >= 0.3 is 0 Å². The second kappa shape index (κ2) is 7.03. The number of benzene rings is 1. The van der Waals surface area contributed by atoms with Crippen molar-refractivity contribution < 1.29 is 9.59 Å². The molecule has 2 bridgehead atoms. The molecule has 0 radical (unpaired) electrons. The van der Waals surface area contributed by atoms with Crippen molar-refractivity contribution in [3.63, 3.8) is 0 Å². The van der Waals surface area contributed by atoms with Gasteiger partial charge in [-0.25, -0.2) is 0 Å². The van der Waals surface area contributed by atoms with Gasteiger partial charge in [0.15, 0.2) is 0 Å². The van der Waals surface area contributed by atoms with Crippen LogP contribution in [0.4, 0.5) is 5.69 Å². The lowest BCUT2D eigenvalue weighted by molar-refractivity contribution is -0.137. The van der Waals surface area contributed by atoms with Crippen molar-refractivity contribution >= 4 is 17.5 Å². The maximum Gasteiger partial charge on any atom is 0.228 e. The summed E-state index contributed by atoms with van der Waals surface area (Å²) in [5.74, 6) is -0.0189. The fourth-order valence-corrected chi connectivity index (χ4v) is 4.85. The molecule has 3 fully saturated rings. The van der Waals surface area contributed by atoms with E-state index < -0.39 is 0 Å². The van der Waals surface area contributed by atoms with Gasteiger partial charge in [0.2, 0.25) is 11.8 Å². The van der Waals surface area contributed by atoms with Crippen LogP contribution < -0.4 is 10.2 Å². The summed E-state index contributed by atoms with van der Waals surface area (Å²) in [6.45, 7) is 2.62. The summed E-state index contributed by atoms with van der Waals surface area (Å²) in [6.07, 6.45) is 5.86. The molecular formula is C21H29N3O2. The first-order valence-electron chi connectivity index (χ1n) is 9.97. The number of piperidine rings is 1. The Morgan fingerprint density at radius 2 is 1.85 bits per heavy atom. The van der Waals surface area contributed by atoms with Crippen LogP contribution in [-0.2, 0) is 16.0 Å². The summed E-state index contributed by atoms with van der Waals surface area (Å²) in [6, 6.07) is 9.56. The van der Waals surface area contributed by atoms with E-state index in [-0.39, 0.29) is 17.7 Å². The molecule has 5 heteroatoms. The number of aryl methyl sites for hydroxylation is 1. The van der Waals surface area contributed by atoms with E-state index in [1.54, 1.807) is 4.90 Å². The van der Waals surface area contributed by atoms with E-state index in [2.05, 4.69) is 24.4 Å². The van der Waals surface area contributed by atoms with Gasteiger partial charge in [-0.3, -0.25) is 9.59 Å². The first-order valence-corrected chi connectivity index (χ1v) is 9.97. The normalized spacial score (nSPS) is 30.7. The van der Waals surface area contributed by atoms with Crippen LogP contribution in [0.25, 0.3) is 0 Å². The zero-order valence-corrected chi connectivity index (χ0v) is 15.8. The molecule has 0 spiro atoms. The molecule has 3 heterocycles. The first kappa shape index (κ1) is 17.5. The fraction of sp³-hybridized carbons (Fsp3) is 0.619. The second-order valence-corrected chi connectivity index (χ2v) is 8.14. The highest BCUT2D eigenvalue weighted by molar-refractivity contribution is 6.00. The maximum atomic E-state index is 13.0. The van der Waals surface area contributed by atoms with E-state index in [1.807, 2.05) is 24.1 Å². The van der Waals surface area contributed by atoms with Crippen LogP contribution in [0, 0.1) is 5.92 Å². The zero-order valence-electron chi connectivity index (χ0n) is 15.8. The number of amides is 2. The first-order chi connectivity index (χ1) is 12.5. The molecule has 140 valence electrons. The van der Waals surface area contributed by atoms with Crippen LogP contribution in [0.2, 0.25) is 0 Å². The van der Waals surface area contributed by atoms with Crippen LogP contribution in [0.3, 0.4) is 0 Å². The minimum atomic E-state index is -0.217. The summed E-state index contributed by atoms with van der Waals surface area (Å²) in [4.78, 5) is 29.2. The molecule has 3 unspecified atom stereocenters. The standard InChI is InChI=1S/C21H29N3O2/c1-3-14-4-8-18(9-5-14)24-13-15(10-20(24)25)21(26)23(2)19-11-16-6-7-17(12-19)22-16/h4-5,8-9,15-17,19,22H,3,6-7,10-13H2,1-2H3. The van der Waals surface area contributed by atoms with Crippen molar-refractivity contribution in [3.8, 4) is 0 Å². The maximum absolute atomic E-state index is 13.0. The Bertz CT molecular complexity index is 675. The largest absolute Gasteiger partial charge is 0.342 e. The molecule has 0 saturated carbocycles. The Balaban J connectivity index is 1.41. The fourth-order valence-electron chi connectivity index (χ4n) is 4.85. The highest BCUT2D eigenvalue weighted by Gasteiger charge is 2.41. The van der Waals surface area contributed by atoms with Gasteiger partial charge in [-0.1, -0.05) is 19.1 Å². The average Bonchev–Trinajstić information content (AvgIpc) is 3.22. The molecule has 1 aromatic rings. The van der Waals surface area contributed by atoms with Crippen molar-refractivity contribution in [2.75, 3.05) is 18.5 Å². The molecule has 1 aromatic carbocycles. The Kier molecular flexibility index (Phi) is 4.74. The van der Waals surface area contributed by atoms with E-state index in [4.69, 9.17) is 0 Å². The highest BCUT2D eigenvalue weighted by atomic mass is 16.2. The van der Waals surface area contributed by atoms with E-state index in [9.17, 15) is 9.59 Å². The second-order valence-electron chi connectivity index (χ2n) is 8.14. The number of carbonyl (C=O) groups excluding carboxylic acids is 2. The number of carbonyl (C=O) groups is 2. The molecule has 3 atom stereocenters. The topological polar surface area (TPSA) is 52.7 Å². The SMILES string of the molecule is CCc1ccc(N2CC(C(=O)N(C)C3CC4CCC(C3)N4)CC2=O)cc1. The van der Waals surface area contributed by atoms with E-state index in [1.165, 1.54) is 18.4 Å². The van der Waals surface area contributed by atoms with E-state index in [0.717, 1.165) is 24.9 Å². The Morgan fingerprint density at radius 3 is 2.46 bits per heavy atom. The number of hydrogen-bond donors (Lipinski definition) is 1. The number of fused-ring (bicyclic) bond motifs is 2. The lowest BCUT2D eigenvalue weighted by Crippen LogP contribution is -2.50. The van der Waals surface area contributed by atoms with Crippen LogP contribution in [0.5, 0.6) is 0 Å². The lowest BCUT2D eigenvalue weighted by atomic mass is 9.97. The van der Waals surface area contributed by atoms with Crippen molar-refractivity contribution in [2.45, 2.75) is 63.6 Å². The average molecular weight is 355 g/mol. The predicted molar refractivity (Wildman–Crippen MR) is 102 cm³/mol. The van der Waals surface area contributed by atoms with Crippen LogP contribution in [0.1, 0.15) is 44.6 Å². The Morgan fingerprint density at radius 1 is 1.19 bits per heavy atom. The van der Waals surface area contributed by atoms with Gasteiger partial charge < -0.3 is 15.1 Å². The van der Waals surface area contributed by atoms with Gasteiger partial charge in [0.1, 0.15) is 0 Å². The van der Waals surface area contributed by atoms with Crippen LogP contribution in [0.15, 0.2) is 24.3 Å². The Hall–Kier alpha value is -1.88. The summed E-state index contributed by atoms with van der Waals surface area (Å²) in [5, 5.41) is 3.63. The predicted octanol–water partition coefficient (Wildman–Crippen LogP) is 2.34. The summed E-state index contributed by atoms with van der Waals surface area (Å²) >= 11 is 0. The van der Waals surface area contributed by atoms with Gasteiger partial charge in [-0.15, -0.1) is 0 Å². The van der Waals surface area contributed by atoms with Gasteiger partial charge in [0.25, 0.3) is 0 Å². The van der Waals surface area contributed by atoms with Crippen LogP contribution in [-0.4, -0.2) is 48.4 Å². The molecule has 4 rings (SSSR count). The molecule has 0 aromatic heterocycles. The molecular weight excluding hydrogens is 326 g/mol. The third-order valence-corrected chi connectivity index (χ3v) is 6.47. The van der Waals surface area contributed by atoms with Gasteiger partial charge in [-0.05, 0) is 49.8 Å². The Labute approximate surface area is 155 Å². The molecule has 5 nitrogen and oxygen atoms in total. The summed E-state index contributed by atoms with van der Waals surface area (Å²) in [7, 11) is 1.93. The number of nitrogens with zero attached hydrogens (tertiary/aromatic N) is 2. The number of rotatable bonds is 4. The third kappa shape index (κ3) is 3.25. The van der Waals surface area contributed by atoms with Crippen LogP contribution >= 0.6 is 0 Å². The lowest BCUT2D eigenvalue weighted by Gasteiger charge is -2.36. The van der Waals surface area contributed by atoms with Crippen molar-refractivity contribution in [1.29, 1.82) is 0 Å². The molecule has 26 heavy (non-hydrogen) atoms. The highest BCUT2D eigenvalue weighted by Crippen LogP contribution is 2.32. The minimum absolute atomic E-state index is 0.0615. The number of nitrogens with one attached hydrogen (secondary N) is 1. The summed E-state index contributed by atoms with van der Waals surface area (Å²) < 4.78 is 0. The van der Waals surface area contributed by atoms with E-state index >= 15 is 0 Å². The van der Waals surface area contributed by atoms with Gasteiger partial charge in [0.05, 0.1) is 5.92 Å². The molecule has 3 aliphatic heterocycles. The number of anilines is 1. The molecule has 1 N–H and O–H groups in total. The van der Waals surface area contributed by atoms with Crippen molar-refractivity contribution in [2.24, 2.45) is 5.92 Å². The molecule has 3 saturated heterocycles. The van der Waals surface area contributed by atoms with Crippen molar-refractivity contribution in [3.05, 3.63) is 29.8 Å². The minimum Gasteiger partial charge on any atom is -0.342 e. The zero-order chi connectivity index (χ0) is 18.3. The smallest absolute Gasteiger partial charge is 0.228 e. The number of hydrogen-bond acceptors (Lipinski definition) is 3. The monoisotopic (exact) mass is 355 g/mol. The molecule has 2 amide bonds. The molecule has 0 aliphatic carbocycles. The quantitative estimate of drug-likeness (QED) is 0.902.